The number of carbonyl (C=O) groups is 1. The number of amides is 1. The lowest BCUT2D eigenvalue weighted by atomic mass is 10.1. The molecule has 0 bridgehead atoms. The van der Waals surface area contributed by atoms with E-state index >= 15 is 0 Å². The Hall–Kier alpha value is -2.58. The predicted molar refractivity (Wildman–Crippen MR) is 122 cm³/mol. The van der Waals surface area contributed by atoms with Crippen LogP contribution in [0.25, 0.3) is 0 Å². The number of hydrogen-bond donors (Lipinski definition) is 1. The summed E-state index contributed by atoms with van der Waals surface area (Å²) >= 11 is 0. The van der Waals surface area contributed by atoms with Crippen LogP contribution in [0.3, 0.4) is 0 Å². The van der Waals surface area contributed by atoms with E-state index in [-0.39, 0.29) is 29.6 Å². The molecule has 0 spiro atoms. The molecule has 0 heterocycles. The fraction of sp³-hybridized carbons (Fsp3) is 0.435. The van der Waals surface area contributed by atoms with Crippen molar-refractivity contribution in [3.63, 3.8) is 0 Å². The standard InChI is InChI=1S/C23H32N2O5S/c1-6-25(7-2)31(27,28)22-16-19(10-12-21(22)29-8-3)24-23(26)13-14-30-20-11-9-17(4)18(5)15-20/h9-12,15-16H,6-8,13-14H2,1-5H3,(H,24,26). The van der Waals surface area contributed by atoms with Crippen molar-refractivity contribution in [2.24, 2.45) is 0 Å². The van der Waals surface area contributed by atoms with Crippen molar-refractivity contribution in [3.05, 3.63) is 47.5 Å². The van der Waals surface area contributed by atoms with Gasteiger partial charge in [0, 0.05) is 18.8 Å². The Morgan fingerprint density at radius 1 is 0.968 bits per heavy atom. The van der Waals surface area contributed by atoms with Crippen LogP contribution in [0.5, 0.6) is 11.5 Å². The molecule has 7 nitrogen and oxygen atoms in total. The topological polar surface area (TPSA) is 84.9 Å². The number of rotatable bonds is 11. The van der Waals surface area contributed by atoms with E-state index in [2.05, 4.69) is 5.32 Å². The first kappa shape index (κ1) is 24.7. The molecular formula is C23H32N2O5S. The van der Waals surface area contributed by atoms with Crippen LogP contribution in [0.2, 0.25) is 0 Å². The van der Waals surface area contributed by atoms with Crippen molar-refractivity contribution in [2.45, 2.75) is 45.9 Å². The number of aryl methyl sites for hydroxylation is 2. The van der Waals surface area contributed by atoms with Gasteiger partial charge in [-0.2, -0.15) is 4.31 Å². The monoisotopic (exact) mass is 448 g/mol. The first-order valence-electron chi connectivity index (χ1n) is 10.5. The molecule has 0 radical (unpaired) electrons. The van der Waals surface area contributed by atoms with Gasteiger partial charge in [-0.25, -0.2) is 8.42 Å². The molecule has 2 aromatic carbocycles. The lowest BCUT2D eigenvalue weighted by Gasteiger charge is -2.21. The van der Waals surface area contributed by atoms with E-state index in [0.717, 1.165) is 5.56 Å². The highest BCUT2D eigenvalue weighted by Gasteiger charge is 2.26. The lowest BCUT2D eigenvalue weighted by Crippen LogP contribution is -2.31. The molecular weight excluding hydrogens is 416 g/mol. The zero-order chi connectivity index (χ0) is 23.0. The Morgan fingerprint density at radius 2 is 1.68 bits per heavy atom. The van der Waals surface area contributed by atoms with Crippen molar-refractivity contribution in [3.8, 4) is 11.5 Å². The van der Waals surface area contributed by atoms with Crippen LogP contribution in [0.4, 0.5) is 5.69 Å². The molecule has 0 aliphatic carbocycles. The van der Waals surface area contributed by atoms with Gasteiger partial charge in [-0.15, -0.1) is 0 Å². The molecule has 8 heteroatoms. The van der Waals surface area contributed by atoms with Crippen LogP contribution < -0.4 is 14.8 Å². The Balaban J connectivity index is 2.10. The van der Waals surface area contributed by atoms with Gasteiger partial charge in [0.05, 0.1) is 19.6 Å². The van der Waals surface area contributed by atoms with E-state index in [4.69, 9.17) is 9.47 Å². The maximum atomic E-state index is 13.0. The van der Waals surface area contributed by atoms with Crippen LogP contribution in [0.15, 0.2) is 41.3 Å². The third-order valence-electron chi connectivity index (χ3n) is 4.93. The number of ether oxygens (including phenoxy) is 2. The van der Waals surface area contributed by atoms with Crippen molar-refractivity contribution < 1.29 is 22.7 Å². The third-order valence-corrected chi connectivity index (χ3v) is 7.00. The molecule has 0 fully saturated rings. The first-order chi connectivity index (χ1) is 14.7. The fourth-order valence-electron chi connectivity index (χ4n) is 3.05. The van der Waals surface area contributed by atoms with Crippen molar-refractivity contribution >= 4 is 21.6 Å². The molecule has 1 amide bonds. The van der Waals surface area contributed by atoms with Gasteiger partial charge in [0.2, 0.25) is 15.9 Å². The van der Waals surface area contributed by atoms with Crippen LogP contribution in [-0.2, 0) is 14.8 Å². The van der Waals surface area contributed by atoms with Gasteiger partial charge in [-0.3, -0.25) is 4.79 Å². The summed E-state index contributed by atoms with van der Waals surface area (Å²) in [4.78, 5) is 12.4. The minimum Gasteiger partial charge on any atom is -0.493 e. The third kappa shape index (κ3) is 6.45. The number of nitrogens with zero attached hydrogens (tertiary/aromatic N) is 1. The van der Waals surface area contributed by atoms with Crippen LogP contribution in [0, 0.1) is 13.8 Å². The summed E-state index contributed by atoms with van der Waals surface area (Å²) in [5, 5.41) is 2.75. The maximum Gasteiger partial charge on any atom is 0.246 e. The molecule has 2 aromatic rings. The Labute approximate surface area is 185 Å². The minimum atomic E-state index is -3.74. The van der Waals surface area contributed by atoms with Gasteiger partial charge in [0.25, 0.3) is 0 Å². The highest BCUT2D eigenvalue weighted by atomic mass is 32.2. The molecule has 1 N–H and O–H groups in total. The molecule has 0 aromatic heterocycles. The average molecular weight is 449 g/mol. The summed E-state index contributed by atoms with van der Waals surface area (Å²) in [5.74, 6) is 0.717. The zero-order valence-electron chi connectivity index (χ0n) is 18.9. The molecule has 2 rings (SSSR count). The quantitative estimate of drug-likeness (QED) is 0.558. The maximum absolute atomic E-state index is 13.0. The van der Waals surface area contributed by atoms with Crippen LogP contribution in [0.1, 0.15) is 38.3 Å². The number of benzene rings is 2. The minimum absolute atomic E-state index is 0.0437. The molecule has 0 aliphatic rings. The summed E-state index contributed by atoms with van der Waals surface area (Å²) in [6.45, 7) is 10.6. The normalized spacial score (nSPS) is 11.4. The SMILES string of the molecule is CCOc1ccc(NC(=O)CCOc2ccc(C)c(C)c2)cc1S(=O)(=O)N(CC)CC. The molecule has 0 unspecified atom stereocenters. The molecule has 0 saturated carbocycles. The number of anilines is 1. The van der Waals surface area contributed by atoms with Gasteiger partial charge >= 0.3 is 0 Å². The lowest BCUT2D eigenvalue weighted by molar-refractivity contribution is -0.116. The number of nitrogens with one attached hydrogen (secondary N) is 1. The van der Waals surface area contributed by atoms with E-state index < -0.39 is 10.0 Å². The number of hydrogen-bond acceptors (Lipinski definition) is 5. The molecule has 0 aliphatic heterocycles. The molecule has 0 saturated heterocycles. The highest BCUT2D eigenvalue weighted by molar-refractivity contribution is 7.89. The smallest absolute Gasteiger partial charge is 0.246 e. The van der Waals surface area contributed by atoms with Crippen molar-refractivity contribution in [1.82, 2.24) is 4.31 Å². The zero-order valence-corrected chi connectivity index (χ0v) is 19.7. The summed E-state index contributed by atoms with van der Waals surface area (Å²) in [6.07, 6.45) is 0.137. The van der Waals surface area contributed by atoms with Crippen molar-refractivity contribution in [1.29, 1.82) is 0 Å². The molecule has 170 valence electrons. The van der Waals surface area contributed by atoms with E-state index in [9.17, 15) is 13.2 Å². The Kier molecular flexibility index (Phi) is 8.88. The second-order valence-corrected chi connectivity index (χ2v) is 8.98. The van der Waals surface area contributed by atoms with Gasteiger partial charge in [0.15, 0.2) is 0 Å². The summed E-state index contributed by atoms with van der Waals surface area (Å²) in [7, 11) is -3.74. The van der Waals surface area contributed by atoms with Crippen LogP contribution in [-0.4, -0.2) is 44.9 Å². The molecule has 0 atom stereocenters. The summed E-state index contributed by atoms with van der Waals surface area (Å²) < 4.78 is 38.6. The number of sulfonamides is 1. The average Bonchev–Trinajstić information content (AvgIpc) is 2.72. The Morgan fingerprint density at radius 3 is 2.29 bits per heavy atom. The fourth-order valence-corrected chi connectivity index (χ4v) is 4.67. The summed E-state index contributed by atoms with van der Waals surface area (Å²) in [6, 6.07) is 10.4. The van der Waals surface area contributed by atoms with Gasteiger partial charge in [-0.1, -0.05) is 19.9 Å². The first-order valence-corrected chi connectivity index (χ1v) is 11.9. The van der Waals surface area contributed by atoms with Gasteiger partial charge in [0.1, 0.15) is 16.4 Å². The van der Waals surface area contributed by atoms with Crippen LogP contribution >= 0.6 is 0 Å². The largest absolute Gasteiger partial charge is 0.493 e. The van der Waals surface area contributed by atoms with E-state index in [1.165, 1.54) is 15.9 Å². The number of carbonyl (C=O) groups excluding carboxylic acids is 1. The van der Waals surface area contributed by atoms with Crippen molar-refractivity contribution in [2.75, 3.05) is 31.6 Å². The Bertz CT molecular complexity index is 1000. The summed E-state index contributed by atoms with van der Waals surface area (Å²) in [5.41, 5.74) is 2.69. The van der Waals surface area contributed by atoms with E-state index in [1.807, 2.05) is 32.0 Å². The highest BCUT2D eigenvalue weighted by Crippen LogP contribution is 2.30. The second-order valence-electron chi connectivity index (χ2n) is 7.08. The van der Waals surface area contributed by atoms with E-state index in [1.54, 1.807) is 32.9 Å². The van der Waals surface area contributed by atoms with E-state index in [0.29, 0.717) is 31.1 Å². The van der Waals surface area contributed by atoms with Gasteiger partial charge in [-0.05, 0) is 62.2 Å². The van der Waals surface area contributed by atoms with Gasteiger partial charge < -0.3 is 14.8 Å². The molecule has 31 heavy (non-hydrogen) atoms. The second kappa shape index (κ2) is 11.2. The predicted octanol–water partition coefficient (Wildman–Crippen LogP) is 4.14.